The molecule has 1 aromatic heterocycles. The molecular weight excluding hydrogens is 314 g/mol. The lowest BCUT2D eigenvalue weighted by molar-refractivity contribution is 0.102. The highest BCUT2D eigenvalue weighted by molar-refractivity contribution is 6.05. The third kappa shape index (κ3) is 3.36. The third-order valence-electron chi connectivity index (χ3n) is 4.65. The molecule has 1 heterocycles. The topological polar surface area (TPSA) is 66.9 Å². The molecule has 0 aliphatic rings. The van der Waals surface area contributed by atoms with Crippen molar-refractivity contribution in [1.82, 2.24) is 9.55 Å². The Hall–Kier alpha value is -2.82. The van der Waals surface area contributed by atoms with Crippen molar-refractivity contribution in [3.05, 3.63) is 64.6 Å². The van der Waals surface area contributed by atoms with E-state index in [1.54, 1.807) is 22.8 Å². The second-order valence-electron chi connectivity index (χ2n) is 7.39. The van der Waals surface area contributed by atoms with Crippen LogP contribution in [-0.4, -0.2) is 15.5 Å². The van der Waals surface area contributed by atoms with E-state index in [-0.39, 0.29) is 23.1 Å². The van der Waals surface area contributed by atoms with Crippen LogP contribution < -0.4 is 11.0 Å². The first-order valence-electron chi connectivity index (χ1n) is 8.38. The van der Waals surface area contributed by atoms with Gasteiger partial charge in [0, 0.05) is 17.3 Å². The molecule has 3 aromatic rings. The summed E-state index contributed by atoms with van der Waals surface area (Å²) >= 11 is 0. The number of carbonyl (C=O) groups is 1. The largest absolute Gasteiger partial charge is 0.326 e. The number of carbonyl (C=O) groups excluding carboxylic acids is 1. The van der Waals surface area contributed by atoms with E-state index in [9.17, 15) is 9.59 Å². The van der Waals surface area contributed by atoms with E-state index in [2.05, 4.69) is 31.1 Å². The summed E-state index contributed by atoms with van der Waals surface area (Å²) in [6.07, 6.45) is 0. The quantitative estimate of drug-likeness (QED) is 0.752. The summed E-state index contributed by atoms with van der Waals surface area (Å²) in [7, 11) is 0. The van der Waals surface area contributed by atoms with E-state index in [0.717, 1.165) is 16.7 Å². The Labute approximate surface area is 146 Å². The third-order valence-corrected chi connectivity index (χ3v) is 4.65. The Balaban J connectivity index is 2.02. The Morgan fingerprint density at radius 1 is 1.12 bits per heavy atom. The Morgan fingerprint density at radius 2 is 1.80 bits per heavy atom. The molecule has 5 heteroatoms. The minimum atomic E-state index is -0.197. The van der Waals surface area contributed by atoms with Crippen LogP contribution in [0.25, 0.3) is 11.0 Å². The van der Waals surface area contributed by atoms with Crippen molar-refractivity contribution in [3.8, 4) is 0 Å². The predicted molar refractivity (Wildman–Crippen MR) is 101 cm³/mol. The molecule has 0 radical (unpaired) electrons. The molecular formula is C20H23N3O2. The molecule has 2 N–H and O–H groups in total. The number of hydrogen-bond donors (Lipinski definition) is 2. The van der Waals surface area contributed by atoms with Crippen molar-refractivity contribution in [3.63, 3.8) is 0 Å². The minimum absolute atomic E-state index is 0.0128. The van der Waals surface area contributed by atoms with Gasteiger partial charge < -0.3 is 10.3 Å². The molecule has 0 aliphatic carbocycles. The summed E-state index contributed by atoms with van der Waals surface area (Å²) in [5.41, 5.74) is 2.50. The highest BCUT2D eigenvalue weighted by Gasteiger charge is 2.25. The van der Waals surface area contributed by atoms with Gasteiger partial charge in [0.2, 0.25) is 0 Å². The number of aromatic nitrogens is 2. The van der Waals surface area contributed by atoms with Gasteiger partial charge in [-0.2, -0.15) is 0 Å². The second-order valence-corrected chi connectivity index (χ2v) is 7.39. The van der Waals surface area contributed by atoms with Gasteiger partial charge in [-0.05, 0) is 42.7 Å². The van der Waals surface area contributed by atoms with E-state index in [0.29, 0.717) is 5.56 Å². The van der Waals surface area contributed by atoms with Crippen molar-refractivity contribution in [2.75, 3.05) is 5.32 Å². The Kier molecular flexibility index (Phi) is 4.25. The summed E-state index contributed by atoms with van der Waals surface area (Å²) in [4.78, 5) is 27.8. The highest BCUT2D eigenvalue weighted by atomic mass is 16.2. The number of aromatic amines is 1. The van der Waals surface area contributed by atoms with Gasteiger partial charge in [0.15, 0.2) is 0 Å². The molecule has 1 amide bonds. The molecule has 0 aliphatic heterocycles. The van der Waals surface area contributed by atoms with Crippen LogP contribution in [0.2, 0.25) is 0 Å². The molecule has 2 aromatic carbocycles. The fourth-order valence-electron chi connectivity index (χ4n) is 2.76. The molecule has 5 nitrogen and oxygen atoms in total. The van der Waals surface area contributed by atoms with Crippen LogP contribution in [0.1, 0.15) is 44.1 Å². The molecule has 25 heavy (non-hydrogen) atoms. The van der Waals surface area contributed by atoms with Gasteiger partial charge in [0.25, 0.3) is 5.91 Å². The summed E-state index contributed by atoms with van der Waals surface area (Å²) in [5, 5.41) is 2.87. The van der Waals surface area contributed by atoms with Crippen molar-refractivity contribution < 1.29 is 4.79 Å². The fourth-order valence-corrected chi connectivity index (χ4v) is 2.76. The van der Waals surface area contributed by atoms with Crippen LogP contribution in [0.4, 0.5) is 5.69 Å². The van der Waals surface area contributed by atoms with Gasteiger partial charge in [-0.3, -0.25) is 9.36 Å². The van der Waals surface area contributed by atoms with Crippen LogP contribution in [0.15, 0.2) is 53.3 Å². The second kappa shape index (κ2) is 6.24. The number of nitrogens with zero attached hydrogens (tertiary/aromatic N) is 1. The predicted octanol–water partition coefficient (Wildman–Crippen LogP) is 4.19. The maximum atomic E-state index is 12.5. The van der Waals surface area contributed by atoms with Gasteiger partial charge in [0.1, 0.15) is 0 Å². The first-order chi connectivity index (χ1) is 11.8. The number of para-hydroxylation sites is 1. The summed E-state index contributed by atoms with van der Waals surface area (Å²) < 4.78 is 1.73. The average molecular weight is 337 g/mol. The summed E-state index contributed by atoms with van der Waals surface area (Å²) in [6.45, 7) is 8.30. The molecule has 0 fully saturated rings. The van der Waals surface area contributed by atoms with Crippen LogP contribution in [-0.2, 0) is 0 Å². The van der Waals surface area contributed by atoms with E-state index >= 15 is 0 Å². The van der Waals surface area contributed by atoms with Gasteiger partial charge in [0.05, 0.1) is 11.0 Å². The lowest BCUT2D eigenvalue weighted by Gasteiger charge is -2.28. The normalized spacial score (nSPS) is 13.0. The Bertz CT molecular complexity index is 962. The number of imidazole rings is 1. The SMILES string of the molecule is C[C@@H](n1c(=O)[nH]c2ccc(C(=O)Nc3ccccc3)cc21)C(C)(C)C. The van der Waals surface area contributed by atoms with Crippen LogP contribution in [0, 0.1) is 5.41 Å². The zero-order valence-corrected chi connectivity index (χ0v) is 15.0. The molecule has 0 unspecified atom stereocenters. The van der Waals surface area contributed by atoms with Gasteiger partial charge in [-0.15, -0.1) is 0 Å². The van der Waals surface area contributed by atoms with E-state index < -0.39 is 0 Å². The van der Waals surface area contributed by atoms with Gasteiger partial charge in [-0.25, -0.2) is 4.79 Å². The summed E-state index contributed by atoms with van der Waals surface area (Å²) in [5.74, 6) is -0.197. The molecule has 0 spiro atoms. The van der Waals surface area contributed by atoms with Gasteiger partial charge in [-0.1, -0.05) is 39.0 Å². The fraction of sp³-hybridized carbons (Fsp3) is 0.300. The van der Waals surface area contributed by atoms with Crippen LogP contribution >= 0.6 is 0 Å². The molecule has 3 rings (SSSR count). The number of rotatable bonds is 3. The zero-order chi connectivity index (χ0) is 18.2. The number of anilines is 1. The molecule has 0 bridgehead atoms. The van der Waals surface area contributed by atoms with Crippen molar-refractivity contribution in [2.45, 2.75) is 33.7 Å². The maximum absolute atomic E-state index is 12.5. The molecule has 130 valence electrons. The van der Waals surface area contributed by atoms with E-state index in [1.807, 2.05) is 37.3 Å². The molecule has 0 saturated carbocycles. The van der Waals surface area contributed by atoms with E-state index in [4.69, 9.17) is 0 Å². The minimum Gasteiger partial charge on any atom is -0.322 e. The number of hydrogen-bond acceptors (Lipinski definition) is 2. The lowest BCUT2D eigenvalue weighted by atomic mass is 9.88. The number of fused-ring (bicyclic) bond motifs is 1. The smallest absolute Gasteiger partial charge is 0.322 e. The average Bonchev–Trinajstić information content (AvgIpc) is 2.88. The summed E-state index contributed by atoms with van der Waals surface area (Å²) in [6, 6.07) is 14.6. The standard InChI is InChI=1S/C20H23N3O2/c1-13(20(2,3)4)23-17-12-14(10-11-16(17)22-19(23)25)18(24)21-15-8-6-5-7-9-15/h5-13H,1-4H3,(H,21,24)(H,22,25)/t13-/m1/s1. The van der Waals surface area contributed by atoms with E-state index in [1.165, 1.54) is 0 Å². The van der Waals surface area contributed by atoms with Crippen LogP contribution in [0.5, 0.6) is 0 Å². The van der Waals surface area contributed by atoms with Crippen molar-refractivity contribution in [1.29, 1.82) is 0 Å². The molecule has 1 atom stereocenters. The highest BCUT2D eigenvalue weighted by Crippen LogP contribution is 2.31. The number of amides is 1. The lowest BCUT2D eigenvalue weighted by Crippen LogP contribution is -2.29. The van der Waals surface area contributed by atoms with Crippen molar-refractivity contribution in [2.24, 2.45) is 5.41 Å². The first-order valence-corrected chi connectivity index (χ1v) is 8.38. The maximum Gasteiger partial charge on any atom is 0.326 e. The monoisotopic (exact) mass is 337 g/mol. The van der Waals surface area contributed by atoms with Crippen molar-refractivity contribution >= 4 is 22.6 Å². The first kappa shape index (κ1) is 17.0. The number of benzene rings is 2. The van der Waals surface area contributed by atoms with Crippen LogP contribution in [0.3, 0.4) is 0 Å². The zero-order valence-electron chi connectivity index (χ0n) is 15.0. The Morgan fingerprint density at radius 3 is 2.44 bits per heavy atom. The number of H-pyrrole nitrogens is 1. The van der Waals surface area contributed by atoms with Gasteiger partial charge >= 0.3 is 5.69 Å². The molecule has 0 saturated heterocycles. The number of nitrogens with one attached hydrogen (secondary N) is 2.